The molecule has 0 fully saturated rings. The molecule has 2 aromatic carbocycles. The number of fused-ring (bicyclic) bond motifs is 1. The molecular formula is C18H14O4. The van der Waals surface area contributed by atoms with Crippen LogP contribution in [0.4, 0.5) is 0 Å². The highest BCUT2D eigenvalue weighted by Crippen LogP contribution is 2.24. The molecule has 0 bridgehead atoms. The molecule has 0 saturated carbocycles. The summed E-state index contributed by atoms with van der Waals surface area (Å²) in [5, 5.41) is 0.459. The summed E-state index contributed by atoms with van der Waals surface area (Å²) in [5.74, 6) is 0.107. The molecule has 1 aromatic heterocycles. The van der Waals surface area contributed by atoms with E-state index in [0.717, 1.165) is 5.56 Å². The Balaban J connectivity index is 2.21. The van der Waals surface area contributed by atoms with E-state index in [1.165, 1.54) is 13.2 Å². The van der Waals surface area contributed by atoms with E-state index in [2.05, 4.69) is 4.74 Å². The number of para-hydroxylation sites is 1. The molecule has 22 heavy (non-hydrogen) atoms. The van der Waals surface area contributed by atoms with Crippen molar-refractivity contribution in [2.24, 2.45) is 0 Å². The second kappa shape index (κ2) is 5.85. The monoisotopic (exact) mass is 294 g/mol. The Bertz CT molecular complexity index is 878. The van der Waals surface area contributed by atoms with Crippen molar-refractivity contribution < 1.29 is 13.9 Å². The Kier molecular flexibility index (Phi) is 3.74. The number of carbonyl (C=O) groups is 1. The maximum Gasteiger partial charge on any atom is 0.310 e. The number of methoxy groups -OCH3 is 1. The third-order valence-electron chi connectivity index (χ3n) is 3.46. The minimum atomic E-state index is -0.375. The highest BCUT2D eigenvalue weighted by molar-refractivity contribution is 5.85. The van der Waals surface area contributed by atoms with Gasteiger partial charge in [0, 0.05) is 17.2 Å². The third kappa shape index (κ3) is 2.63. The van der Waals surface area contributed by atoms with Crippen molar-refractivity contribution in [1.29, 1.82) is 0 Å². The van der Waals surface area contributed by atoms with E-state index in [-0.39, 0.29) is 17.8 Å². The predicted octanol–water partition coefficient (Wildman–Crippen LogP) is 3.18. The Labute approximate surface area is 127 Å². The van der Waals surface area contributed by atoms with E-state index < -0.39 is 0 Å². The van der Waals surface area contributed by atoms with Crippen LogP contribution in [-0.4, -0.2) is 13.1 Å². The molecule has 0 aliphatic heterocycles. The van der Waals surface area contributed by atoms with E-state index in [9.17, 15) is 9.59 Å². The summed E-state index contributed by atoms with van der Waals surface area (Å²) in [6.07, 6.45) is 0.0645. The standard InChI is InChI=1S/C18H14O4/c1-21-17(20)10-13-8-5-9-14-15(19)11-16(22-18(13)14)12-6-3-2-4-7-12/h2-9,11H,10H2,1H3. The highest BCUT2D eigenvalue weighted by Gasteiger charge is 2.13. The van der Waals surface area contributed by atoms with Gasteiger partial charge in [0.15, 0.2) is 5.43 Å². The normalized spacial score (nSPS) is 10.6. The van der Waals surface area contributed by atoms with Gasteiger partial charge in [-0.2, -0.15) is 0 Å². The molecule has 0 saturated heterocycles. The quantitative estimate of drug-likeness (QED) is 0.696. The van der Waals surface area contributed by atoms with E-state index in [1.807, 2.05) is 30.3 Å². The van der Waals surface area contributed by atoms with Crippen LogP contribution in [0.5, 0.6) is 0 Å². The van der Waals surface area contributed by atoms with Gasteiger partial charge in [0.1, 0.15) is 11.3 Å². The number of rotatable bonds is 3. The van der Waals surface area contributed by atoms with Crippen LogP contribution < -0.4 is 5.43 Å². The lowest BCUT2D eigenvalue weighted by molar-refractivity contribution is -0.139. The van der Waals surface area contributed by atoms with Gasteiger partial charge in [0.05, 0.1) is 18.9 Å². The average Bonchev–Trinajstić information content (AvgIpc) is 2.56. The number of benzene rings is 2. The predicted molar refractivity (Wildman–Crippen MR) is 83.6 cm³/mol. The van der Waals surface area contributed by atoms with Crippen molar-refractivity contribution in [3.05, 3.63) is 70.4 Å². The molecule has 0 N–H and O–H groups in total. The molecule has 0 amide bonds. The van der Waals surface area contributed by atoms with Gasteiger partial charge in [0.2, 0.25) is 0 Å². The van der Waals surface area contributed by atoms with Gasteiger partial charge in [0.25, 0.3) is 0 Å². The molecular weight excluding hydrogens is 280 g/mol. The zero-order valence-corrected chi connectivity index (χ0v) is 12.0. The summed E-state index contributed by atoms with van der Waals surface area (Å²) in [4.78, 5) is 23.8. The van der Waals surface area contributed by atoms with E-state index >= 15 is 0 Å². The van der Waals surface area contributed by atoms with Crippen molar-refractivity contribution in [3.8, 4) is 11.3 Å². The van der Waals surface area contributed by atoms with E-state index in [1.54, 1.807) is 18.2 Å². The summed E-state index contributed by atoms with van der Waals surface area (Å²) < 4.78 is 10.6. The molecule has 110 valence electrons. The Morgan fingerprint density at radius 3 is 2.59 bits per heavy atom. The number of hydrogen-bond donors (Lipinski definition) is 0. The lowest BCUT2D eigenvalue weighted by Crippen LogP contribution is -2.07. The van der Waals surface area contributed by atoms with Crippen LogP contribution in [0.15, 0.2) is 63.8 Å². The molecule has 4 nitrogen and oxygen atoms in total. The van der Waals surface area contributed by atoms with Crippen molar-refractivity contribution in [2.45, 2.75) is 6.42 Å². The zero-order valence-electron chi connectivity index (χ0n) is 12.0. The van der Waals surface area contributed by atoms with Crippen LogP contribution in [-0.2, 0) is 16.0 Å². The molecule has 0 aliphatic carbocycles. The van der Waals surface area contributed by atoms with E-state index in [0.29, 0.717) is 22.3 Å². The molecule has 0 unspecified atom stereocenters. The summed E-state index contributed by atoms with van der Waals surface area (Å²) in [6, 6.07) is 16.0. The summed E-state index contributed by atoms with van der Waals surface area (Å²) >= 11 is 0. The van der Waals surface area contributed by atoms with Gasteiger partial charge >= 0.3 is 5.97 Å². The minimum absolute atomic E-state index is 0.0645. The van der Waals surface area contributed by atoms with Crippen molar-refractivity contribution in [3.63, 3.8) is 0 Å². The SMILES string of the molecule is COC(=O)Cc1cccc2c(=O)cc(-c3ccccc3)oc12. The molecule has 1 heterocycles. The third-order valence-corrected chi connectivity index (χ3v) is 3.46. The van der Waals surface area contributed by atoms with Gasteiger partial charge < -0.3 is 9.15 Å². The molecule has 0 radical (unpaired) electrons. The first kappa shape index (κ1) is 14.1. The first-order chi connectivity index (χ1) is 10.7. The first-order valence-electron chi connectivity index (χ1n) is 6.87. The molecule has 0 atom stereocenters. The van der Waals surface area contributed by atoms with E-state index in [4.69, 9.17) is 4.42 Å². The number of esters is 1. The number of carbonyl (C=O) groups excluding carboxylic acids is 1. The van der Waals surface area contributed by atoms with Crippen LogP contribution in [0.2, 0.25) is 0 Å². The largest absolute Gasteiger partial charge is 0.469 e. The highest BCUT2D eigenvalue weighted by atomic mass is 16.5. The zero-order chi connectivity index (χ0) is 15.5. The fraction of sp³-hybridized carbons (Fsp3) is 0.111. The fourth-order valence-corrected chi connectivity index (χ4v) is 2.35. The van der Waals surface area contributed by atoms with Crippen LogP contribution in [0.3, 0.4) is 0 Å². The van der Waals surface area contributed by atoms with Crippen LogP contribution >= 0.6 is 0 Å². The van der Waals surface area contributed by atoms with Crippen LogP contribution in [0.25, 0.3) is 22.3 Å². The number of ether oxygens (including phenoxy) is 1. The Morgan fingerprint density at radius 1 is 1.09 bits per heavy atom. The van der Waals surface area contributed by atoms with Crippen molar-refractivity contribution >= 4 is 16.9 Å². The van der Waals surface area contributed by atoms with Gasteiger partial charge in [-0.25, -0.2) is 0 Å². The summed E-state index contributed by atoms with van der Waals surface area (Å²) in [5.41, 5.74) is 1.75. The second-order valence-electron chi connectivity index (χ2n) is 4.89. The lowest BCUT2D eigenvalue weighted by Gasteiger charge is -2.07. The topological polar surface area (TPSA) is 56.5 Å². The van der Waals surface area contributed by atoms with Gasteiger partial charge in [-0.1, -0.05) is 42.5 Å². The smallest absolute Gasteiger partial charge is 0.310 e. The van der Waals surface area contributed by atoms with Crippen molar-refractivity contribution in [1.82, 2.24) is 0 Å². The molecule has 0 spiro atoms. The molecule has 3 rings (SSSR count). The number of hydrogen-bond acceptors (Lipinski definition) is 4. The molecule has 0 aliphatic rings. The van der Waals surface area contributed by atoms with Crippen LogP contribution in [0, 0.1) is 0 Å². The summed E-state index contributed by atoms with van der Waals surface area (Å²) in [6.45, 7) is 0. The van der Waals surface area contributed by atoms with Gasteiger partial charge in [-0.05, 0) is 6.07 Å². The lowest BCUT2D eigenvalue weighted by atomic mass is 10.1. The fourth-order valence-electron chi connectivity index (χ4n) is 2.35. The van der Waals surface area contributed by atoms with Crippen molar-refractivity contribution in [2.75, 3.05) is 7.11 Å². The Hall–Kier alpha value is -2.88. The molecule has 4 heteroatoms. The molecule has 3 aromatic rings. The van der Waals surface area contributed by atoms with Crippen LogP contribution in [0.1, 0.15) is 5.56 Å². The second-order valence-corrected chi connectivity index (χ2v) is 4.89. The van der Waals surface area contributed by atoms with Gasteiger partial charge in [-0.3, -0.25) is 9.59 Å². The maximum absolute atomic E-state index is 12.3. The first-order valence-corrected chi connectivity index (χ1v) is 6.87. The Morgan fingerprint density at radius 2 is 1.86 bits per heavy atom. The summed E-state index contributed by atoms with van der Waals surface area (Å²) in [7, 11) is 1.33. The maximum atomic E-state index is 12.3. The minimum Gasteiger partial charge on any atom is -0.469 e. The average molecular weight is 294 g/mol. The van der Waals surface area contributed by atoms with Gasteiger partial charge in [-0.15, -0.1) is 0 Å².